The summed E-state index contributed by atoms with van der Waals surface area (Å²) in [5, 5.41) is 0. The van der Waals surface area contributed by atoms with Crippen molar-refractivity contribution in [2.45, 2.75) is 26.7 Å². The molecule has 0 aromatic heterocycles. The number of aryl methyl sites for hydroxylation is 1. The van der Waals surface area contributed by atoms with Crippen LogP contribution in [-0.2, 0) is 13.2 Å². The van der Waals surface area contributed by atoms with Crippen molar-refractivity contribution >= 4 is 35.4 Å². The predicted octanol–water partition coefficient (Wildman–Crippen LogP) is 5.44. The van der Waals surface area contributed by atoms with Gasteiger partial charge in [0, 0.05) is 8.15 Å². The summed E-state index contributed by atoms with van der Waals surface area (Å²) >= 11 is 6.64. The molecule has 1 nitrogen and oxygen atoms in total. The molecule has 0 aliphatic rings. The number of hydrogen-bond donors (Lipinski definition) is 1. The van der Waals surface area contributed by atoms with E-state index in [0.29, 0.717) is 19.1 Å². The molecule has 1 aromatic rings. The molecule has 5 heteroatoms. The van der Waals surface area contributed by atoms with Gasteiger partial charge in [0.2, 0.25) is 0 Å². The Balaban J connectivity index is 0. The van der Waals surface area contributed by atoms with Gasteiger partial charge in [0.1, 0.15) is 0 Å². The van der Waals surface area contributed by atoms with Gasteiger partial charge >= 0.3 is 40.5 Å². The van der Waals surface area contributed by atoms with Crippen molar-refractivity contribution in [3.05, 3.63) is 35.4 Å². The van der Waals surface area contributed by atoms with Gasteiger partial charge in [-0.1, -0.05) is 43.7 Å². The van der Waals surface area contributed by atoms with Crippen LogP contribution in [0.2, 0.25) is 0 Å². The second-order valence-corrected chi connectivity index (χ2v) is 13.7. The Bertz CT molecular complexity index is 263. The van der Waals surface area contributed by atoms with Gasteiger partial charge in [0.15, 0.2) is 0 Å². The fraction of sp³-hybridized carbons (Fsp3) is 0.500. The molecule has 0 amide bonds. The molecular weight excluding hydrogens is 452 g/mol. The van der Waals surface area contributed by atoms with E-state index in [2.05, 4.69) is 72.3 Å². The molecule has 0 aliphatic carbocycles. The molecule has 0 spiro atoms. The van der Waals surface area contributed by atoms with E-state index < -0.39 is 8.15 Å². The van der Waals surface area contributed by atoms with Crippen LogP contribution < -0.4 is 0 Å². The van der Waals surface area contributed by atoms with Gasteiger partial charge in [-0.3, -0.25) is 0 Å². The van der Waals surface area contributed by atoms with Crippen LogP contribution in [0.1, 0.15) is 30.9 Å². The second-order valence-electron chi connectivity index (χ2n) is 3.96. The Morgan fingerprint density at radius 3 is 1.65 bits per heavy atom. The molecule has 0 atom stereocenters. The summed E-state index contributed by atoms with van der Waals surface area (Å²) in [5.41, 5.74) is 2.76. The quantitative estimate of drug-likeness (QED) is 0.426. The fourth-order valence-corrected chi connectivity index (χ4v) is 0.951. The number of halogens is 2. The zero-order valence-electron chi connectivity index (χ0n) is 10.9. The summed E-state index contributed by atoms with van der Waals surface area (Å²) in [6.45, 7) is 10.1. The summed E-state index contributed by atoms with van der Waals surface area (Å²) in [5.74, 6) is 0.653. The van der Waals surface area contributed by atoms with Crippen LogP contribution in [0.15, 0.2) is 24.3 Å². The molecule has 0 radical (unpaired) electrons. The Morgan fingerprint density at radius 2 is 1.41 bits per heavy atom. The van der Waals surface area contributed by atoms with Crippen molar-refractivity contribution < 1.29 is 18.1 Å². The van der Waals surface area contributed by atoms with Crippen LogP contribution in [0, 0.1) is 6.92 Å². The Hall–Kier alpha value is 1.19. The van der Waals surface area contributed by atoms with E-state index in [1.165, 1.54) is 11.1 Å². The van der Waals surface area contributed by atoms with Gasteiger partial charge in [-0.25, -0.2) is 0 Å². The first kappa shape index (κ1) is 20.5. The first-order chi connectivity index (χ1) is 7.84. The van der Waals surface area contributed by atoms with Gasteiger partial charge in [-0.15, -0.1) is 0 Å². The number of benzene rings is 1. The van der Waals surface area contributed by atoms with E-state index >= 15 is 0 Å². The van der Waals surface area contributed by atoms with Gasteiger partial charge in [0.25, 0.3) is 0 Å². The zero-order valence-corrected chi connectivity index (χ0v) is 16.7. The molecule has 1 rings (SSSR count). The molecule has 0 unspecified atom stereocenters. The van der Waals surface area contributed by atoms with Crippen LogP contribution in [-0.4, -0.2) is 18.2 Å². The van der Waals surface area contributed by atoms with E-state index in [9.17, 15) is 0 Å². The van der Waals surface area contributed by atoms with Crippen LogP contribution in [0.25, 0.3) is 0 Å². The van der Waals surface area contributed by atoms with Crippen molar-refractivity contribution in [2.75, 3.05) is 13.3 Å². The average molecular weight is 473 g/mol. The number of rotatable bonds is 1. The minimum atomic E-state index is -0.620. The average Bonchev–Trinajstić information content (AvgIpc) is 2.18. The van der Waals surface area contributed by atoms with E-state index in [1.54, 1.807) is 13.3 Å². The summed E-state index contributed by atoms with van der Waals surface area (Å²) in [4.78, 5) is 8.12. The van der Waals surface area contributed by atoms with Crippen LogP contribution in [0.3, 0.4) is 0 Å². The third-order valence-electron chi connectivity index (χ3n) is 1.74. The monoisotopic (exact) mass is 472 g/mol. The van der Waals surface area contributed by atoms with Gasteiger partial charge in [0.05, 0.1) is 0 Å². The van der Waals surface area contributed by atoms with E-state index in [4.69, 9.17) is 4.89 Å². The molecule has 0 fully saturated rings. The van der Waals surface area contributed by atoms with E-state index in [0.717, 1.165) is 0 Å². The predicted molar refractivity (Wildman–Crippen MR) is 84.1 cm³/mol. The molecule has 17 heavy (non-hydrogen) atoms. The molecule has 1 N–H and O–H groups in total. The first-order valence-electron chi connectivity index (χ1n) is 5.13. The Morgan fingerprint density at radius 1 is 1.12 bits per heavy atom. The van der Waals surface area contributed by atoms with E-state index in [1.807, 2.05) is 0 Å². The fourth-order valence-electron chi connectivity index (χ4n) is 0.951. The van der Waals surface area contributed by atoms with Crippen LogP contribution in [0.4, 0.5) is 0 Å². The topological polar surface area (TPSA) is 20.2 Å². The first-order valence-corrected chi connectivity index (χ1v) is 15.3. The molecular formula is C12H21Br2OPRu. The van der Waals surface area contributed by atoms with Gasteiger partial charge in [-0.2, -0.15) is 0 Å². The molecule has 0 saturated carbocycles. The maximum atomic E-state index is 8.12. The van der Waals surface area contributed by atoms with Crippen molar-refractivity contribution in [3.63, 3.8) is 0 Å². The zero-order chi connectivity index (χ0) is 13.8. The third kappa shape index (κ3) is 17.2. The minimum absolute atomic E-state index is 0.335. The van der Waals surface area contributed by atoms with Crippen molar-refractivity contribution in [2.24, 2.45) is 0 Å². The molecule has 0 saturated heterocycles. The summed E-state index contributed by atoms with van der Waals surface area (Å²) in [6.07, 6.45) is 0. The Labute approximate surface area is 128 Å². The molecule has 0 heterocycles. The molecule has 1 aromatic carbocycles. The van der Waals surface area contributed by atoms with Crippen molar-refractivity contribution in [3.8, 4) is 0 Å². The van der Waals surface area contributed by atoms with Crippen LogP contribution >= 0.6 is 35.4 Å². The standard InChI is InChI=1S/C10H14.C2H7OP.2BrH.Ru/c1-8(2)10-6-4-9(3)5-7-10;1-4(2)3;;;/h4-8H,1-3H3;3H,1-2H3;2*1H;/q;;;;+2/p-2. The second kappa shape index (κ2) is 13.6. The van der Waals surface area contributed by atoms with Gasteiger partial charge < -0.3 is 4.89 Å². The van der Waals surface area contributed by atoms with Crippen molar-refractivity contribution in [1.82, 2.24) is 0 Å². The van der Waals surface area contributed by atoms with Crippen molar-refractivity contribution in [1.29, 1.82) is 0 Å². The summed E-state index contributed by atoms with van der Waals surface area (Å²) in [7, 11) is -0.620. The summed E-state index contributed by atoms with van der Waals surface area (Å²) in [6, 6.07) is 8.71. The maximum absolute atomic E-state index is 8.12. The normalized spacial score (nSPS) is 9.53. The van der Waals surface area contributed by atoms with Crippen LogP contribution in [0.5, 0.6) is 0 Å². The Kier molecular flexibility index (Phi) is 16.4. The molecule has 0 bridgehead atoms. The molecule has 0 aliphatic heterocycles. The van der Waals surface area contributed by atoms with Gasteiger partial charge in [-0.05, 0) is 31.7 Å². The van der Waals surface area contributed by atoms with E-state index in [-0.39, 0.29) is 0 Å². The third-order valence-corrected chi connectivity index (χ3v) is 1.74. The SMILES string of the molecule is CP(C)O.Cc1ccc(C(C)C)cc1.[Br][Ru][Br]. The number of hydrogen-bond acceptors (Lipinski definition) is 1. The molecule has 102 valence electrons. The summed E-state index contributed by atoms with van der Waals surface area (Å²) < 4.78 is 0.